The second-order valence-corrected chi connectivity index (χ2v) is 9.64. The van der Waals surface area contributed by atoms with Crippen LogP contribution in [0.15, 0.2) is 18.2 Å². The number of carbonyl (C=O) groups excluding carboxylic acids is 1. The van der Waals surface area contributed by atoms with Crippen LogP contribution < -0.4 is 10.2 Å². The van der Waals surface area contributed by atoms with Gasteiger partial charge in [-0.3, -0.25) is 4.90 Å². The summed E-state index contributed by atoms with van der Waals surface area (Å²) in [4.78, 5) is 30.8. The fraction of sp³-hybridized carbons (Fsp3) is 0.667. The number of benzene rings is 1. The maximum absolute atomic E-state index is 12.5. The molecule has 3 heterocycles. The lowest BCUT2D eigenvalue weighted by Crippen LogP contribution is -2.48. The van der Waals surface area contributed by atoms with Gasteiger partial charge in [0.15, 0.2) is 0 Å². The zero-order valence-electron chi connectivity index (χ0n) is 20.6. The van der Waals surface area contributed by atoms with E-state index in [9.17, 15) is 18.0 Å². The first-order valence-corrected chi connectivity index (χ1v) is 12.1. The van der Waals surface area contributed by atoms with Crippen LogP contribution in [0.1, 0.15) is 31.7 Å². The molecule has 3 saturated heterocycles. The number of carboxylic acid groups (broad SMARTS) is 1. The molecule has 1 aromatic rings. The summed E-state index contributed by atoms with van der Waals surface area (Å²) in [6.07, 6.45) is -1.14. The normalized spacial score (nSPS) is 23.7. The van der Waals surface area contributed by atoms with Crippen molar-refractivity contribution < 1.29 is 27.9 Å². The lowest BCUT2D eigenvalue weighted by molar-refractivity contribution is -0.192. The molecular formula is C24H36F3N5O3. The molecule has 0 spiro atoms. The first-order chi connectivity index (χ1) is 16.5. The Hall–Kier alpha value is -2.53. The fourth-order valence-electron chi connectivity index (χ4n) is 5.03. The van der Waals surface area contributed by atoms with Gasteiger partial charge in [0.1, 0.15) is 0 Å². The van der Waals surface area contributed by atoms with Gasteiger partial charge in [0.05, 0.1) is 0 Å². The minimum atomic E-state index is -5.08. The third-order valence-corrected chi connectivity index (χ3v) is 7.06. The van der Waals surface area contributed by atoms with E-state index in [-0.39, 0.29) is 6.03 Å². The van der Waals surface area contributed by atoms with Gasteiger partial charge in [0.2, 0.25) is 0 Å². The maximum atomic E-state index is 12.5. The van der Waals surface area contributed by atoms with Gasteiger partial charge >= 0.3 is 18.2 Å². The average Bonchev–Trinajstić information content (AvgIpc) is 3.43. The van der Waals surface area contributed by atoms with Crippen LogP contribution in [0.3, 0.4) is 0 Å². The molecule has 196 valence electrons. The van der Waals surface area contributed by atoms with Crippen molar-refractivity contribution in [3.05, 3.63) is 23.8 Å². The molecule has 3 fully saturated rings. The number of carboxylic acids is 1. The average molecular weight is 500 g/mol. The van der Waals surface area contributed by atoms with Crippen molar-refractivity contribution >= 4 is 23.4 Å². The van der Waals surface area contributed by atoms with Gasteiger partial charge in [-0.2, -0.15) is 13.2 Å². The number of anilines is 2. The number of piperazine rings is 1. The summed E-state index contributed by atoms with van der Waals surface area (Å²) in [5.41, 5.74) is 3.45. The molecule has 35 heavy (non-hydrogen) atoms. The van der Waals surface area contributed by atoms with Gasteiger partial charge in [-0.15, -0.1) is 0 Å². The van der Waals surface area contributed by atoms with E-state index in [1.165, 1.54) is 37.1 Å². The molecule has 1 aromatic carbocycles. The van der Waals surface area contributed by atoms with Crippen LogP contribution in [0.2, 0.25) is 0 Å². The molecule has 2 amide bonds. The molecule has 3 aliphatic heterocycles. The molecule has 8 nitrogen and oxygen atoms in total. The molecule has 2 atom stereocenters. The zero-order chi connectivity index (χ0) is 25.8. The summed E-state index contributed by atoms with van der Waals surface area (Å²) >= 11 is 0. The lowest BCUT2D eigenvalue weighted by Gasteiger charge is -2.32. The molecule has 0 aromatic heterocycles. The van der Waals surface area contributed by atoms with E-state index in [1.807, 2.05) is 4.90 Å². The van der Waals surface area contributed by atoms with E-state index in [0.717, 1.165) is 51.0 Å². The van der Waals surface area contributed by atoms with Crippen molar-refractivity contribution in [2.45, 2.75) is 51.4 Å². The molecule has 3 aliphatic rings. The molecule has 2 N–H and O–H groups in total. The Balaban J connectivity index is 0.000000429. The fourth-order valence-corrected chi connectivity index (χ4v) is 5.03. The number of urea groups is 1. The van der Waals surface area contributed by atoms with Crippen LogP contribution >= 0.6 is 0 Å². The Morgan fingerprint density at radius 1 is 1.06 bits per heavy atom. The number of hydrogen-bond acceptors (Lipinski definition) is 5. The topological polar surface area (TPSA) is 79.4 Å². The number of carbonyl (C=O) groups is 2. The number of alkyl halides is 3. The van der Waals surface area contributed by atoms with E-state index < -0.39 is 12.1 Å². The van der Waals surface area contributed by atoms with Crippen molar-refractivity contribution in [2.75, 3.05) is 63.1 Å². The summed E-state index contributed by atoms with van der Waals surface area (Å²) in [6.45, 7) is 11.5. The molecular weight excluding hydrogens is 463 g/mol. The summed E-state index contributed by atoms with van der Waals surface area (Å²) in [7, 11) is 2.10. The number of nitrogens with zero attached hydrogens (tertiary/aromatic N) is 4. The number of likely N-dealkylation sites (tertiary alicyclic amines) is 1. The minimum absolute atomic E-state index is 0.0181. The minimum Gasteiger partial charge on any atom is -0.475 e. The molecule has 4 rings (SSSR count). The summed E-state index contributed by atoms with van der Waals surface area (Å²) < 4.78 is 31.7. The zero-order valence-corrected chi connectivity index (χ0v) is 20.6. The highest BCUT2D eigenvalue weighted by atomic mass is 19.4. The van der Waals surface area contributed by atoms with Crippen molar-refractivity contribution in [3.63, 3.8) is 0 Å². The number of rotatable bonds is 3. The Morgan fingerprint density at radius 3 is 2.26 bits per heavy atom. The third-order valence-electron chi connectivity index (χ3n) is 7.06. The standard InChI is InChI=1S/C22H35N5O.C2HF3O2/c1-17-15-19(23-22(28)25-13-11-24(3)12-14-25)6-7-21(17)26-10-8-20(16-26)27-9-4-5-18(27)2;3-2(4,5)1(6)7/h6-7,15,18,20H,4-5,8-14,16H2,1-3H3,(H,23,28);(H,6,7). The van der Waals surface area contributed by atoms with Crippen LogP contribution in [0, 0.1) is 6.92 Å². The highest BCUT2D eigenvalue weighted by Crippen LogP contribution is 2.31. The van der Waals surface area contributed by atoms with E-state index in [0.29, 0.717) is 6.04 Å². The second kappa shape index (κ2) is 11.5. The van der Waals surface area contributed by atoms with Crippen molar-refractivity contribution in [3.8, 4) is 0 Å². The van der Waals surface area contributed by atoms with Gasteiger partial charge in [-0.1, -0.05) is 0 Å². The first kappa shape index (κ1) is 27.1. The van der Waals surface area contributed by atoms with E-state index in [1.54, 1.807) is 0 Å². The second-order valence-electron chi connectivity index (χ2n) is 9.64. The van der Waals surface area contributed by atoms with E-state index >= 15 is 0 Å². The van der Waals surface area contributed by atoms with Crippen LogP contribution in [0.5, 0.6) is 0 Å². The molecule has 0 aliphatic carbocycles. The van der Waals surface area contributed by atoms with Gasteiger partial charge in [0.25, 0.3) is 0 Å². The maximum Gasteiger partial charge on any atom is 0.490 e. The number of hydrogen-bond donors (Lipinski definition) is 2. The molecule has 0 saturated carbocycles. The molecule has 11 heteroatoms. The van der Waals surface area contributed by atoms with Gasteiger partial charge in [-0.05, 0) is 70.5 Å². The smallest absolute Gasteiger partial charge is 0.475 e. The largest absolute Gasteiger partial charge is 0.490 e. The van der Waals surface area contributed by atoms with Crippen LogP contribution in [0.25, 0.3) is 0 Å². The Kier molecular flexibility index (Phi) is 8.87. The monoisotopic (exact) mass is 499 g/mol. The van der Waals surface area contributed by atoms with Gasteiger partial charge < -0.3 is 25.1 Å². The summed E-state index contributed by atoms with van der Waals surface area (Å²) in [6, 6.07) is 7.80. The number of aliphatic carboxylic acids is 1. The molecule has 2 unspecified atom stereocenters. The van der Waals surface area contributed by atoms with Crippen LogP contribution in [-0.2, 0) is 4.79 Å². The predicted octanol–water partition coefficient (Wildman–Crippen LogP) is 3.47. The number of likely N-dealkylation sites (N-methyl/N-ethyl adjacent to an activating group) is 1. The number of halogens is 3. The Morgan fingerprint density at radius 2 is 1.71 bits per heavy atom. The van der Waals surface area contributed by atoms with Crippen LogP contribution in [-0.4, -0.2) is 103 Å². The highest BCUT2D eigenvalue weighted by molar-refractivity contribution is 5.90. The first-order valence-electron chi connectivity index (χ1n) is 12.1. The van der Waals surface area contributed by atoms with Crippen LogP contribution in [0.4, 0.5) is 29.3 Å². The third kappa shape index (κ3) is 7.23. The summed E-state index contributed by atoms with van der Waals surface area (Å²) in [5, 5.41) is 10.2. The van der Waals surface area contributed by atoms with Gasteiger partial charge in [0, 0.05) is 62.7 Å². The number of amides is 2. The van der Waals surface area contributed by atoms with Crippen molar-refractivity contribution in [1.29, 1.82) is 0 Å². The van der Waals surface area contributed by atoms with Crippen molar-refractivity contribution in [2.24, 2.45) is 0 Å². The Labute approximate surface area is 204 Å². The SMILES string of the molecule is Cc1cc(NC(=O)N2CCN(C)CC2)ccc1N1CCC(N2CCCC2C)C1.O=C(O)C(F)(F)F. The molecule has 0 radical (unpaired) electrons. The number of nitrogens with one attached hydrogen (secondary N) is 1. The van der Waals surface area contributed by atoms with Gasteiger partial charge in [-0.25, -0.2) is 9.59 Å². The Bertz CT molecular complexity index is 890. The quantitative estimate of drug-likeness (QED) is 0.663. The highest BCUT2D eigenvalue weighted by Gasteiger charge is 2.38. The molecule has 0 bridgehead atoms. The predicted molar refractivity (Wildman–Crippen MR) is 129 cm³/mol. The van der Waals surface area contributed by atoms with E-state index in [2.05, 4.69) is 59.1 Å². The summed E-state index contributed by atoms with van der Waals surface area (Å²) in [5.74, 6) is -2.76. The van der Waals surface area contributed by atoms with Crippen molar-refractivity contribution in [1.82, 2.24) is 14.7 Å². The van der Waals surface area contributed by atoms with E-state index in [4.69, 9.17) is 9.90 Å². The lowest BCUT2D eigenvalue weighted by atomic mass is 10.1. The number of aryl methyl sites for hydroxylation is 1.